The highest BCUT2D eigenvalue weighted by molar-refractivity contribution is 7.91. The minimum atomic E-state index is -4.59. The van der Waals surface area contributed by atoms with Crippen LogP contribution in [-0.4, -0.2) is 42.0 Å². The molecule has 17 heteroatoms. The van der Waals surface area contributed by atoms with E-state index in [1.807, 2.05) is 0 Å². The monoisotopic (exact) mass is 594 g/mol. The first-order chi connectivity index (χ1) is 17.8. The van der Waals surface area contributed by atoms with Gasteiger partial charge in [0.05, 0.1) is 23.1 Å². The van der Waals surface area contributed by atoms with Crippen LogP contribution < -0.4 is 15.8 Å². The molecule has 1 aromatic carbocycles. The van der Waals surface area contributed by atoms with Crippen LogP contribution in [0.5, 0.6) is 0 Å². The van der Waals surface area contributed by atoms with Crippen molar-refractivity contribution in [2.45, 2.75) is 16.8 Å². The Morgan fingerprint density at radius 1 is 1.18 bits per heavy atom. The topological polar surface area (TPSA) is 131 Å². The molecule has 0 radical (unpaired) electrons. The summed E-state index contributed by atoms with van der Waals surface area (Å²) in [5.74, 6) is -0.893. The van der Waals surface area contributed by atoms with E-state index in [1.165, 1.54) is 0 Å². The molecule has 3 heterocycles. The van der Waals surface area contributed by atoms with Gasteiger partial charge in [0.25, 0.3) is 12.3 Å². The van der Waals surface area contributed by atoms with Crippen molar-refractivity contribution in [2.75, 3.05) is 18.4 Å². The maximum atomic E-state index is 13.8. The summed E-state index contributed by atoms with van der Waals surface area (Å²) in [6.45, 7) is 0.0279. The summed E-state index contributed by atoms with van der Waals surface area (Å²) in [7, 11) is -3.94. The summed E-state index contributed by atoms with van der Waals surface area (Å²) >= 11 is 6.76. The van der Waals surface area contributed by atoms with Gasteiger partial charge >= 0.3 is 6.18 Å². The molecule has 0 aliphatic heterocycles. The van der Waals surface area contributed by atoms with Crippen molar-refractivity contribution in [1.29, 1.82) is 0 Å². The van der Waals surface area contributed by atoms with Gasteiger partial charge in [-0.25, -0.2) is 31.4 Å². The van der Waals surface area contributed by atoms with Gasteiger partial charge in [0.2, 0.25) is 10.0 Å². The standard InChI is InChI=1S/C21H16ClF5N6O3S2/c22-17-14(8-16(37-17)38(35,36)30-6-5-28)32-20(34)12-9-29-33-15(18(23)24)7-13(31-19(12)33)10-1-3-11(4-2-10)21(25,26)27/h1-4,7-9,18,30H,5-6,28H2,(H,32,34). The molecule has 9 nitrogen and oxygen atoms in total. The molecular weight excluding hydrogens is 579 g/mol. The van der Waals surface area contributed by atoms with Gasteiger partial charge in [-0.3, -0.25) is 4.79 Å². The predicted octanol–water partition coefficient (Wildman–Crippen LogP) is 4.56. The molecule has 0 aliphatic carbocycles. The number of amides is 1. The van der Waals surface area contributed by atoms with Crippen LogP contribution in [0.3, 0.4) is 0 Å². The molecule has 0 unspecified atom stereocenters. The number of hydrogen-bond donors (Lipinski definition) is 3. The van der Waals surface area contributed by atoms with Crippen LogP contribution in [0, 0.1) is 0 Å². The third-order valence-electron chi connectivity index (χ3n) is 5.09. The average molecular weight is 595 g/mol. The molecule has 0 aliphatic rings. The Bertz CT molecular complexity index is 1600. The molecule has 3 aromatic heterocycles. The molecule has 0 bridgehead atoms. The molecule has 0 atom stereocenters. The van der Waals surface area contributed by atoms with Crippen molar-refractivity contribution >= 4 is 50.2 Å². The van der Waals surface area contributed by atoms with Gasteiger partial charge in [0.15, 0.2) is 5.65 Å². The van der Waals surface area contributed by atoms with E-state index >= 15 is 0 Å². The molecule has 0 saturated heterocycles. The first kappa shape index (κ1) is 27.8. The molecule has 202 valence electrons. The number of aromatic nitrogens is 3. The summed E-state index contributed by atoms with van der Waals surface area (Å²) in [5.41, 5.74) is 3.04. The van der Waals surface area contributed by atoms with E-state index in [-0.39, 0.29) is 49.8 Å². The number of benzene rings is 1. The van der Waals surface area contributed by atoms with Gasteiger partial charge in [-0.2, -0.15) is 18.3 Å². The van der Waals surface area contributed by atoms with E-state index < -0.39 is 39.8 Å². The fraction of sp³-hybridized carbons (Fsp3) is 0.190. The second-order valence-corrected chi connectivity index (χ2v) is 11.3. The molecule has 4 N–H and O–H groups in total. The van der Waals surface area contributed by atoms with Gasteiger partial charge in [-0.05, 0) is 24.3 Å². The van der Waals surface area contributed by atoms with Gasteiger partial charge in [-0.15, -0.1) is 11.3 Å². The largest absolute Gasteiger partial charge is 0.416 e. The fourth-order valence-corrected chi connectivity index (χ4v) is 6.03. The van der Waals surface area contributed by atoms with Crippen LogP contribution in [0.25, 0.3) is 16.9 Å². The van der Waals surface area contributed by atoms with Gasteiger partial charge < -0.3 is 11.1 Å². The molecule has 4 aromatic rings. The van der Waals surface area contributed by atoms with E-state index in [0.717, 1.165) is 47.1 Å². The van der Waals surface area contributed by atoms with E-state index in [1.54, 1.807) is 0 Å². The van der Waals surface area contributed by atoms with Gasteiger partial charge in [0, 0.05) is 18.7 Å². The van der Waals surface area contributed by atoms with E-state index in [2.05, 4.69) is 20.1 Å². The number of alkyl halides is 5. The third-order valence-corrected chi connectivity index (χ3v) is 8.38. The highest BCUT2D eigenvalue weighted by Gasteiger charge is 2.30. The first-order valence-corrected chi connectivity index (χ1v) is 13.1. The minimum absolute atomic E-state index is 0.0264. The molecular formula is C21H16ClF5N6O3S2. The Morgan fingerprint density at radius 3 is 2.47 bits per heavy atom. The summed E-state index contributed by atoms with van der Waals surface area (Å²) < 4.78 is 93.7. The zero-order valence-electron chi connectivity index (χ0n) is 18.8. The normalized spacial score (nSPS) is 12.4. The van der Waals surface area contributed by atoms with Crippen LogP contribution in [0.2, 0.25) is 4.34 Å². The zero-order chi connectivity index (χ0) is 27.8. The Labute approximate surface area is 220 Å². The lowest BCUT2D eigenvalue weighted by atomic mass is 10.1. The molecule has 0 fully saturated rings. The second-order valence-electron chi connectivity index (χ2n) is 7.63. The number of hydrogen-bond acceptors (Lipinski definition) is 7. The number of rotatable bonds is 8. The Balaban J connectivity index is 1.71. The number of thiophene rings is 1. The molecule has 38 heavy (non-hydrogen) atoms. The van der Waals surface area contributed by atoms with Gasteiger partial charge in [0.1, 0.15) is 19.8 Å². The number of nitrogens with two attached hydrogens (primary N) is 1. The summed E-state index contributed by atoms with van der Waals surface area (Å²) in [6, 6.07) is 5.76. The van der Waals surface area contributed by atoms with Crippen LogP contribution in [0.15, 0.2) is 46.8 Å². The van der Waals surface area contributed by atoms with Crippen molar-refractivity contribution in [3.05, 3.63) is 63.8 Å². The van der Waals surface area contributed by atoms with Crippen molar-refractivity contribution in [2.24, 2.45) is 5.73 Å². The minimum Gasteiger partial charge on any atom is -0.329 e. The zero-order valence-corrected chi connectivity index (χ0v) is 21.1. The number of sulfonamides is 1. The summed E-state index contributed by atoms with van der Waals surface area (Å²) in [5, 5.41) is 6.20. The number of carbonyl (C=O) groups excluding carboxylic acids is 1. The first-order valence-electron chi connectivity index (χ1n) is 10.5. The van der Waals surface area contributed by atoms with E-state index in [9.17, 15) is 35.2 Å². The van der Waals surface area contributed by atoms with E-state index in [0.29, 0.717) is 11.3 Å². The second kappa shape index (κ2) is 10.5. The summed E-state index contributed by atoms with van der Waals surface area (Å²) in [4.78, 5) is 17.2. The predicted molar refractivity (Wildman–Crippen MR) is 130 cm³/mol. The van der Waals surface area contributed by atoms with E-state index in [4.69, 9.17) is 17.3 Å². The molecule has 0 saturated carbocycles. The lowest BCUT2D eigenvalue weighted by molar-refractivity contribution is -0.137. The van der Waals surface area contributed by atoms with Crippen molar-refractivity contribution in [3.63, 3.8) is 0 Å². The van der Waals surface area contributed by atoms with Crippen LogP contribution >= 0.6 is 22.9 Å². The number of carbonyl (C=O) groups is 1. The highest BCUT2D eigenvalue weighted by atomic mass is 35.5. The van der Waals surface area contributed by atoms with Crippen molar-refractivity contribution in [1.82, 2.24) is 19.3 Å². The number of anilines is 1. The van der Waals surface area contributed by atoms with Crippen LogP contribution in [-0.2, 0) is 16.2 Å². The number of nitrogens with one attached hydrogen (secondary N) is 2. The fourth-order valence-electron chi connectivity index (χ4n) is 3.30. The third kappa shape index (κ3) is 5.63. The lowest BCUT2D eigenvalue weighted by Gasteiger charge is -2.10. The number of fused-ring (bicyclic) bond motifs is 1. The van der Waals surface area contributed by atoms with Crippen molar-refractivity contribution < 1.29 is 35.2 Å². The van der Waals surface area contributed by atoms with Crippen LogP contribution in [0.1, 0.15) is 28.0 Å². The molecule has 4 rings (SSSR count). The number of nitrogens with zero attached hydrogens (tertiary/aromatic N) is 3. The molecule has 0 spiro atoms. The Hall–Kier alpha value is -3.18. The Kier molecular flexibility index (Phi) is 7.72. The van der Waals surface area contributed by atoms with Gasteiger partial charge in [-0.1, -0.05) is 23.7 Å². The SMILES string of the molecule is NCCNS(=O)(=O)c1cc(NC(=O)c2cnn3c(C(F)F)cc(-c4ccc(C(F)(F)F)cc4)nc23)c(Cl)s1. The lowest BCUT2D eigenvalue weighted by Crippen LogP contribution is -2.28. The van der Waals surface area contributed by atoms with Crippen molar-refractivity contribution in [3.8, 4) is 11.3 Å². The summed E-state index contributed by atoms with van der Waals surface area (Å²) in [6.07, 6.45) is -6.69. The average Bonchev–Trinajstić information content (AvgIpc) is 3.45. The highest BCUT2D eigenvalue weighted by Crippen LogP contribution is 2.36. The maximum absolute atomic E-state index is 13.8. The smallest absolute Gasteiger partial charge is 0.329 e. The maximum Gasteiger partial charge on any atom is 0.416 e. The molecule has 1 amide bonds. The quantitative estimate of drug-likeness (QED) is 0.256. The van der Waals surface area contributed by atoms with Crippen LogP contribution in [0.4, 0.5) is 27.6 Å². The Morgan fingerprint density at radius 2 is 1.87 bits per heavy atom. The number of halogens is 6.